The molecule has 3 aliphatic carbocycles. The quantitative estimate of drug-likeness (QED) is 0.258. The maximum absolute atomic E-state index is 13.2. The first-order chi connectivity index (χ1) is 15.2. The van der Waals surface area contributed by atoms with Crippen LogP contribution in [0.1, 0.15) is 71.6 Å². The highest BCUT2D eigenvalue weighted by Crippen LogP contribution is 2.60. The number of hydrogen-bond donors (Lipinski definition) is 1. The molecule has 0 amide bonds. The Kier molecular flexibility index (Phi) is 7.98. The molecule has 3 rings (SSSR count). The van der Waals surface area contributed by atoms with Crippen molar-refractivity contribution in [3.05, 3.63) is 0 Å². The van der Waals surface area contributed by atoms with Crippen molar-refractivity contribution in [1.29, 1.82) is 0 Å². The van der Waals surface area contributed by atoms with E-state index in [1.807, 2.05) is 6.92 Å². The van der Waals surface area contributed by atoms with Crippen LogP contribution in [0.15, 0.2) is 0 Å². The molecule has 33 heavy (non-hydrogen) atoms. The molecular weight excluding hydrogens is 454 g/mol. The molecule has 0 aromatic heterocycles. The van der Waals surface area contributed by atoms with Crippen LogP contribution in [0.4, 0.5) is 26.3 Å². The highest BCUT2D eigenvalue weighted by atomic mass is 19.4. The number of ether oxygens (including phenoxy) is 2. The summed E-state index contributed by atoms with van der Waals surface area (Å²) in [5.41, 5.74) is -4.72. The van der Waals surface area contributed by atoms with Crippen LogP contribution in [-0.2, 0) is 14.3 Å². The zero-order chi connectivity index (χ0) is 24.6. The molecule has 4 nitrogen and oxygen atoms in total. The van der Waals surface area contributed by atoms with Crippen molar-refractivity contribution in [1.82, 2.24) is 0 Å². The lowest BCUT2D eigenvalue weighted by Crippen LogP contribution is -2.58. The first-order valence-corrected chi connectivity index (χ1v) is 11.9. The monoisotopic (exact) mass is 488 g/mol. The third-order valence-corrected chi connectivity index (χ3v) is 8.34. The maximum Gasteiger partial charge on any atom is 0.426 e. The average molecular weight is 489 g/mol. The van der Waals surface area contributed by atoms with E-state index in [0.717, 1.165) is 25.7 Å². The number of carbonyl (C=O) groups is 1. The first kappa shape index (κ1) is 26.6. The Bertz CT molecular complexity index is 659. The summed E-state index contributed by atoms with van der Waals surface area (Å²) in [4.78, 5) is 12.4. The fourth-order valence-electron chi connectivity index (χ4n) is 6.36. The minimum Gasteiger partial charge on any atom is -0.438 e. The van der Waals surface area contributed by atoms with Gasteiger partial charge in [0.05, 0.1) is 12.0 Å². The minimum absolute atomic E-state index is 0.00595. The van der Waals surface area contributed by atoms with Crippen LogP contribution in [0.25, 0.3) is 0 Å². The molecule has 6 atom stereocenters. The third-order valence-electron chi connectivity index (χ3n) is 8.34. The van der Waals surface area contributed by atoms with E-state index in [-0.39, 0.29) is 37.1 Å². The number of alkyl halides is 6. The van der Waals surface area contributed by atoms with Crippen molar-refractivity contribution in [3.8, 4) is 0 Å². The zero-order valence-corrected chi connectivity index (χ0v) is 19.1. The Labute approximate surface area is 190 Å². The van der Waals surface area contributed by atoms with E-state index in [0.29, 0.717) is 12.8 Å². The number of rotatable bonds is 8. The van der Waals surface area contributed by atoms with Crippen molar-refractivity contribution >= 4 is 5.97 Å². The fourth-order valence-corrected chi connectivity index (χ4v) is 6.36. The highest BCUT2D eigenvalue weighted by Gasteiger charge is 2.71. The van der Waals surface area contributed by atoms with Crippen molar-refractivity contribution in [2.24, 2.45) is 35.5 Å². The van der Waals surface area contributed by atoms with Gasteiger partial charge in [-0.05, 0) is 68.1 Å². The maximum atomic E-state index is 13.2. The SMILES string of the molecule is CC(CC1C(C)C2CC(CC(O)(C(F)(F)F)C(F)(F)F)C1C2)C(=O)OCOC1CCCCC1. The van der Waals surface area contributed by atoms with Gasteiger partial charge in [-0.25, -0.2) is 0 Å². The second-order valence-corrected chi connectivity index (χ2v) is 10.4. The van der Waals surface area contributed by atoms with Gasteiger partial charge in [0.15, 0.2) is 6.79 Å². The molecule has 10 heteroatoms. The molecule has 0 radical (unpaired) electrons. The van der Waals surface area contributed by atoms with Gasteiger partial charge in [-0.1, -0.05) is 33.1 Å². The highest BCUT2D eigenvalue weighted by molar-refractivity contribution is 5.71. The van der Waals surface area contributed by atoms with E-state index in [9.17, 15) is 36.2 Å². The molecule has 0 heterocycles. The average Bonchev–Trinajstić information content (AvgIpc) is 3.25. The molecule has 0 saturated heterocycles. The first-order valence-electron chi connectivity index (χ1n) is 11.9. The van der Waals surface area contributed by atoms with Gasteiger partial charge >= 0.3 is 18.3 Å². The zero-order valence-electron chi connectivity index (χ0n) is 19.1. The lowest BCUT2D eigenvalue weighted by Gasteiger charge is -2.40. The molecule has 0 spiro atoms. The normalized spacial score (nSPS) is 32.2. The van der Waals surface area contributed by atoms with E-state index in [1.165, 1.54) is 6.42 Å². The number of fused-ring (bicyclic) bond motifs is 2. The second-order valence-electron chi connectivity index (χ2n) is 10.4. The van der Waals surface area contributed by atoms with Gasteiger partial charge in [0, 0.05) is 0 Å². The Hall–Kier alpha value is -1.03. The van der Waals surface area contributed by atoms with Crippen LogP contribution < -0.4 is 0 Å². The Balaban J connectivity index is 1.57. The van der Waals surface area contributed by atoms with Crippen LogP contribution in [0, 0.1) is 35.5 Å². The summed E-state index contributed by atoms with van der Waals surface area (Å²) in [6.07, 6.45) is -6.65. The molecule has 0 aromatic rings. The molecule has 2 bridgehead atoms. The lowest BCUT2D eigenvalue weighted by atomic mass is 9.68. The topological polar surface area (TPSA) is 55.8 Å². The van der Waals surface area contributed by atoms with Crippen molar-refractivity contribution < 1.29 is 45.7 Å². The molecular formula is C23H34F6O4. The number of hydrogen-bond acceptors (Lipinski definition) is 4. The van der Waals surface area contributed by atoms with Crippen LogP contribution in [0.5, 0.6) is 0 Å². The summed E-state index contributed by atoms with van der Waals surface area (Å²) >= 11 is 0. The van der Waals surface area contributed by atoms with Gasteiger partial charge in [-0.15, -0.1) is 0 Å². The van der Waals surface area contributed by atoms with Gasteiger partial charge in [-0.3, -0.25) is 4.79 Å². The molecule has 0 aliphatic heterocycles. The van der Waals surface area contributed by atoms with Gasteiger partial charge < -0.3 is 14.6 Å². The largest absolute Gasteiger partial charge is 0.438 e. The number of aliphatic hydroxyl groups is 1. The Morgan fingerprint density at radius 3 is 2.18 bits per heavy atom. The third kappa shape index (κ3) is 5.63. The standard InChI is InChI=1S/C23H34F6O4/c1-13(20(30)33-12-32-17-6-4-3-5-7-17)8-18-14(2)15-9-16(19(18)10-15)11-21(31,22(24,25)26)23(27,28)29/h13-19,31H,3-12H2,1-2H3. The fraction of sp³-hybridized carbons (Fsp3) is 0.957. The molecule has 3 aliphatic rings. The van der Waals surface area contributed by atoms with Crippen LogP contribution in [0.2, 0.25) is 0 Å². The summed E-state index contributed by atoms with van der Waals surface area (Å²) in [6, 6.07) is 0. The van der Waals surface area contributed by atoms with Crippen molar-refractivity contribution in [2.45, 2.75) is 95.7 Å². The Morgan fingerprint density at radius 1 is 1.03 bits per heavy atom. The number of carbonyl (C=O) groups excluding carboxylic acids is 1. The molecule has 192 valence electrons. The van der Waals surface area contributed by atoms with E-state index >= 15 is 0 Å². The smallest absolute Gasteiger partial charge is 0.426 e. The number of esters is 1. The molecule has 1 N–H and O–H groups in total. The van der Waals surface area contributed by atoms with E-state index in [1.54, 1.807) is 6.92 Å². The van der Waals surface area contributed by atoms with Gasteiger partial charge in [0.1, 0.15) is 0 Å². The van der Waals surface area contributed by atoms with Crippen LogP contribution >= 0.6 is 0 Å². The summed E-state index contributed by atoms with van der Waals surface area (Å²) in [5.74, 6) is -2.42. The summed E-state index contributed by atoms with van der Waals surface area (Å²) in [7, 11) is 0. The summed E-state index contributed by atoms with van der Waals surface area (Å²) in [6.45, 7) is 3.46. The predicted molar refractivity (Wildman–Crippen MR) is 107 cm³/mol. The summed E-state index contributed by atoms with van der Waals surface area (Å²) in [5, 5.41) is 9.66. The minimum atomic E-state index is -5.80. The van der Waals surface area contributed by atoms with Gasteiger partial charge in [-0.2, -0.15) is 26.3 Å². The van der Waals surface area contributed by atoms with E-state index in [4.69, 9.17) is 9.47 Å². The van der Waals surface area contributed by atoms with Crippen molar-refractivity contribution in [3.63, 3.8) is 0 Å². The van der Waals surface area contributed by atoms with Crippen molar-refractivity contribution in [2.75, 3.05) is 6.79 Å². The van der Waals surface area contributed by atoms with Gasteiger partial charge in [0.25, 0.3) is 5.60 Å². The molecule has 3 fully saturated rings. The summed E-state index contributed by atoms with van der Waals surface area (Å²) < 4.78 is 90.0. The van der Waals surface area contributed by atoms with E-state index < -0.39 is 48.1 Å². The van der Waals surface area contributed by atoms with Crippen LogP contribution in [0.3, 0.4) is 0 Å². The molecule has 3 saturated carbocycles. The second kappa shape index (κ2) is 9.91. The molecule has 6 unspecified atom stereocenters. The molecule has 0 aromatic carbocycles. The van der Waals surface area contributed by atoms with E-state index in [2.05, 4.69) is 0 Å². The van der Waals surface area contributed by atoms with Gasteiger partial charge in [0.2, 0.25) is 0 Å². The lowest BCUT2D eigenvalue weighted by molar-refractivity contribution is -0.373. The van der Waals surface area contributed by atoms with Crippen LogP contribution in [-0.4, -0.2) is 41.9 Å². The predicted octanol–water partition coefficient (Wildman–Crippen LogP) is 6.02. The Morgan fingerprint density at radius 2 is 1.64 bits per heavy atom. The number of halogens is 6.